The molecule has 18 heavy (non-hydrogen) atoms. The van der Waals surface area contributed by atoms with Crippen molar-refractivity contribution in [3.8, 4) is 0 Å². The smallest absolute Gasteiger partial charge is 0.293 e. The Morgan fingerprint density at radius 1 is 1.50 bits per heavy atom. The summed E-state index contributed by atoms with van der Waals surface area (Å²) in [6.45, 7) is 5.82. The van der Waals surface area contributed by atoms with Crippen molar-refractivity contribution in [2.75, 3.05) is 11.9 Å². The van der Waals surface area contributed by atoms with E-state index < -0.39 is 0 Å². The number of hydrogen-bond donors (Lipinski definition) is 1. The molecule has 0 bridgehead atoms. The number of hydrogen-bond acceptors (Lipinski definition) is 3. The highest BCUT2D eigenvalue weighted by atomic mass is 16.1. The van der Waals surface area contributed by atoms with Crippen molar-refractivity contribution in [3.05, 3.63) is 22.7 Å². The van der Waals surface area contributed by atoms with Gasteiger partial charge in [0.25, 0.3) is 5.56 Å². The van der Waals surface area contributed by atoms with E-state index in [1.54, 1.807) is 17.0 Å². The van der Waals surface area contributed by atoms with Crippen LogP contribution in [-0.4, -0.2) is 16.1 Å². The number of nitrogens with one attached hydrogen (secondary N) is 1. The van der Waals surface area contributed by atoms with Crippen LogP contribution < -0.4 is 10.9 Å². The topological polar surface area (TPSA) is 46.9 Å². The molecule has 1 aliphatic carbocycles. The Morgan fingerprint density at radius 3 is 2.89 bits per heavy atom. The molecular weight excluding hydrogens is 226 g/mol. The zero-order valence-electron chi connectivity index (χ0n) is 11.4. The van der Waals surface area contributed by atoms with E-state index in [4.69, 9.17) is 0 Å². The molecule has 0 spiro atoms. The average molecular weight is 249 g/mol. The normalized spacial score (nSPS) is 15.7. The fourth-order valence-corrected chi connectivity index (χ4v) is 2.28. The van der Waals surface area contributed by atoms with Gasteiger partial charge >= 0.3 is 0 Å². The molecule has 1 fully saturated rings. The Labute approximate surface area is 108 Å². The molecule has 0 aromatic carbocycles. The summed E-state index contributed by atoms with van der Waals surface area (Å²) in [6, 6.07) is 0. The lowest BCUT2D eigenvalue weighted by atomic mass is 9.83. The first-order valence-corrected chi connectivity index (χ1v) is 6.96. The van der Waals surface area contributed by atoms with Crippen molar-refractivity contribution in [2.45, 2.75) is 46.1 Å². The second-order valence-electron chi connectivity index (χ2n) is 5.64. The third-order valence-corrected chi connectivity index (χ3v) is 3.55. The number of rotatable bonds is 6. The summed E-state index contributed by atoms with van der Waals surface area (Å²) in [4.78, 5) is 16.2. The van der Waals surface area contributed by atoms with Crippen LogP contribution >= 0.6 is 0 Å². The lowest BCUT2D eigenvalue weighted by molar-refractivity contribution is 0.303. The first-order valence-electron chi connectivity index (χ1n) is 6.96. The van der Waals surface area contributed by atoms with Crippen LogP contribution in [0.5, 0.6) is 0 Å². The SMILES string of the molecule is CC(C)Cn1ccnc(NCCC2CCC2)c1=O. The minimum absolute atomic E-state index is 0.000176. The third kappa shape index (κ3) is 3.34. The zero-order chi connectivity index (χ0) is 13.0. The Balaban J connectivity index is 1.92. The van der Waals surface area contributed by atoms with Crippen LogP contribution in [-0.2, 0) is 6.54 Å². The highest BCUT2D eigenvalue weighted by molar-refractivity contribution is 5.30. The largest absolute Gasteiger partial charge is 0.365 e. The molecule has 4 nitrogen and oxygen atoms in total. The molecular formula is C14H23N3O. The fraction of sp³-hybridized carbons (Fsp3) is 0.714. The van der Waals surface area contributed by atoms with E-state index in [2.05, 4.69) is 24.1 Å². The standard InChI is InChI=1S/C14H23N3O/c1-11(2)10-17-9-8-16-13(14(17)18)15-7-6-12-4-3-5-12/h8-9,11-12H,3-7,10H2,1-2H3,(H,15,16). The molecule has 4 heteroatoms. The van der Waals surface area contributed by atoms with Gasteiger partial charge in [0, 0.05) is 25.5 Å². The van der Waals surface area contributed by atoms with Gasteiger partial charge in [0.1, 0.15) is 0 Å². The first kappa shape index (κ1) is 13.1. The molecule has 0 amide bonds. The molecule has 100 valence electrons. The molecule has 1 aromatic heterocycles. The second kappa shape index (κ2) is 6.03. The van der Waals surface area contributed by atoms with Crippen LogP contribution in [0.3, 0.4) is 0 Å². The maximum Gasteiger partial charge on any atom is 0.293 e. The van der Waals surface area contributed by atoms with E-state index in [1.807, 2.05) is 0 Å². The van der Waals surface area contributed by atoms with E-state index >= 15 is 0 Å². The van der Waals surface area contributed by atoms with E-state index in [9.17, 15) is 4.79 Å². The number of nitrogens with zero attached hydrogens (tertiary/aromatic N) is 2. The second-order valence-corrected chi connectivity index (χ2v) is 5.64. The molecule has 1 aromatic rings. The molecule has 0 saturated heterocycles. The summed E-state index contributed by atoms with van der Waals surface area (Å²) in [5.74, 6) is 1.82. The van der Waals surface area contributed by atoms with Gasteiger partial charge in [-0.3, -0.25) is 4.79 Å². The van der Waals surface area contributed by atoms with E-state index in [-0.39, 0.29) is 5.56 Å². The molecule has 1 saturated carbocycles. The monoisotopic (exact) mass is 249 g/mol. The van der Waals surface area contributed by atoms with E-state index in [0.29, 0.717) is 11.7 Å². The molecule has 1 heterocycles. The summed E-state index contributed by atoms with van der Waals surface area (Å²) in [5.41, 5.74) is -0.000176. The highest BCUT2D eigenvalue weighted by Crippen LogP contribution is 2.28. The minimum atomic E-state index is -0.000176. The van der Waals surface area contributed by atoms with Crippen LogP contribution in [0.15, 0.2) is 17.2 Å². The van der Waals surface area contributed by atoms with Crippen LogP contribution in [0.4, 0.5) is 5.82 Å². The van der Waals surface area contributed by atoms with Crippen molar-refractivity contribution in [1.82, 2.24) is 9.55 Å². The molecule has 0 atom stereocenters. The maximum atomic E-state index is 12.1. The van der Waals surface area contributed by atoms with Gasteiger partial charge in [-0.05, 0) is 18.3 Å². The molecule has 0 aliphatic heterocycles. The van der Waals surface area contributed by atoms with E-state index in [0.717, 1.165) is 25.4 Å². The van der Waals surface area contributed by atoms with Gasteiger partial charge in [0.15, 0.2) is 5.82 Å². The van der Waals surface area contributed by atoms with Crippen molar-refractivity contribution in [2.24, 2.45) is 11.8 Å². The fourth-order valence-electron chi connectivity index (χ4n) is 2.28. The van der Waals surface area contributed by atoms with Gasteiger partial charge in [-0.2, -0.15) is 0 Å². The summed E-state index contributed by atoms with van der Waals surface area (Å²) in [5, 5.41) is 3.18. The van der Waals surface area contributed by atoms with Gasteiger partial charge in [-0.15, -0.1) is 0 Å². The van der Waals surface area contributed by atoms with Crippen LogP contribution in [0, 0.1) is 11.8 Å². The highest BCUT2D eigenvalue weighted by Gasteiger charge is 2.16. The van der Waals surface area contributed by atoms with Crippen molar-refractivity contribution >= 4 is 5.82 Å². The predicted octanol–water partition coefficient (Wildman–Crippen LogP) is 2.50. The Bertz CT molecular complexity index is 435. The lowest BCUT2D eigenvalue weighted by Crippen LogP contribution is -2.27. The van der Waals surface area contributed by atoms with Gasteiger partial charge in [-0.25, -0.2) is 4.98 Å². The van der Waals surface area contributed by atoms with Crippen molar-refractivity contribution in [1.29, 1.82) is 0 Å². The van der Waals surface area contributed by atoms with E-state index in [1.165, 1.54) is 19.3 Å². The summed E-state index contributed by atoms with van der Waals surface area (Å²) in [6.07, 6.45) is 8.69. The van der Waals surface area contributed by atoms with Gasteiger partial charge < -0.3 is 9.88 Å². The maximum absolute atomic E-state index is 12.1. The molecule has 1 N–H and O–H groups in total. The van der Waals surface area contributed by atoms with Crippen LogP contribution in [0.1, 0.15) is 39.5 Å². The lowest BCUT2D eigenvalue weighted by Gasteiger charge is -2.25. The Morgan fingerprint density at radius 2 is 2.28 bits per heavy atom. The Hall–Kier alpha value is -1.32. The predicted molar refractivity (Wildman–Crippen MR) is 73.8 cm³/mol. The number of aromatic nitrogens is 2. The Kier molecular flexibility index (Phi) is 4.39. The molecule has 0 radical (unpaired) electrons. The summed E-state index contributed by atoms with van der Waals surface area (Å²) in [7, 11) is 0. The average Bonchev–Trinajstić information content (AvgIpc) is 2.26. The molecule has 0 unspecified atom stereocenters. The van der Waals surface area contributed by atoms with Crippen molar-refractivity contribution < 1.29 is 0 Å². The minimum Gasteiger partial charge on any atom is -0.365 e. The molecule has 1 aliphatic rings. The van der Waals surface area contributed by atoms with Crippen LogP contribution in [0.25, 0.3) is 0 Å². The van der Waals surface area contributed by atoms with Crippen LogP contribution in [0.2, 0.25) is 0 Å². The van der Waals surface area contributed by atoms with Gasteiger partial charge in [-0.1, -0.05) is 33.1 Å². The summed E-state index contributed by atoms with van der Waals surface area (Å²) >= 11 is 0. The van der Waals surface area contributed by atoms with Gasteiger partial charge in [0.2, 0.25) is 0 Å². The number of anilines is 1. The van der Waals surface area contributed by atoms with Crippen molar-refractivity contribution in [3.63, 3.8) is 0 Å². The quantitative estimate of drug-likeness (QED) is 0.842. The molecule has 2 rings (SSSR count). The summed E-state index contributed by atoms with van der Waals surface area (Å²) < 4.78 is 1.74. The third-order valence-electron chi connectivity index (χ3n) is 3.55. The first-order chi connectivity index (χ1) is 8.66. The van der Waals surface area contributed by atoms with Gasteiger partial charge in [0.05, 0.1) is 0 Å². The zero-order valence-corrected chi connectivity index (χ0v) is 11.4.